The molecular formula is C15H9Cl2NO2. The van der Waals surface area contributed by atoms with E-state index in [0.717, 1.165) is 5.56 Å². The van der Waals surface area contributed by atoms with Gasteiger partial charge >= 0.3 is 0 Å². The van der Waals surface area contributed by atoms with Crippen LogP contribution in [0.25, 0.3) is 11.1 Å². The van der Waals surface area contributed by atoms with E-state index in [0.29, 0.717) is 32.4 Å². The molecule has 2 aromatic rings. The lowest BCUT2D eigenvalue weighted by Crippen LogP contribution is -2.07. The Kier molecular flexibility index (Phi) is 3.04. The van der Waals surface area contributed by atoms with Gasteiger partial charge in [0.05, 0.1) is 5.69 Å². The Labute approximate surface area is 125 Å². The molecule has 5 heteroatoms. The summed E-state index contributed by atoms with van der Waals surface area (Å²) in [5.74, 6) is -0.351. The molecule has 3 nitrogen and oxygen atoms in total. The summed E-state index contributed by atoms with van der Waals surface area (Å²) >= 11 is 12.0. The van der Waals surface area contributed by atoms with E-state index in [4.69, 9.17) is 23.2 Å². The van der Waals surface area contributed by atoms with Gasteiger partial charge < -0.3 is 5.32 Å². The van der Waals surface area contributed by atoms with Crippen LogP contribution in [0.3, 0.4) is 0 Å². The standard InChI is InChI=1S/C15H9Cl2NO2/c1-7(19)18-13-6-9(17)5-12-14(13)10-3-2-8(16)4-11(10)15(12)20/h2-6H,1H3,(H,18,19). The summed E-state index contributed by atoms with van der Waals surface area (Å²) < 4.78 is 0. The Morgan fingerprint density at radius 1 is 1.00 bits per heavy atom. The average molecular weight is 306 g/mol. The van der Waals surface area contributed by atoms with Crippen molar-refractivity contribution in [1.29, 1.82) is 0 Å². The van der Waals surface area contributed by atoms with Gasteiger partial charge in [0.1, 0.15) is 0 Å². The first-order valence-corrected chi connectivity index (χ1v) is 6.68. The molecule has 0 unspecified atom stereocenters. The van der Waals surface area contributed by atoms with E-state index < -0.39 is 0 Å². The zero-order valence-electron chi connectivity index (χ0n) is 10.5. The topological polar surface area (TPSA) is 46.2 Å². The Bertz CT molecular complexity index is 769. The molecule has 0 saturated heterocycles. The fourth-order valence-electron chi connectivity index (χ4n) is 2.43. The highest BCUT2D eigenvalue weighted by Crippen LogP contribution is 2.43. The van der Waals surface area contributed by atoms with Crippen molar-refractivity contribution < 1.29 is 9.59 Å². The molecule has 0 saturated carbocycles. The minimum Gasteiger partial charge on any atom is -0.326 e. The van der Waals surface area contributed by atoms with Crippen molar-refractivity contribution in [2.45, 2.75) is 6.92 Å². The van der Waals surface area contributed by atoms with Crippen LogP contribution in [0.2, 0.25) is 10.0 Å². The average Bonchev–Trinajstić information content (AvgIpc) is 2.62. The number of nitrogens with one attached hydrogen (secondary N) is 1. The van der Waals surface area contributed by atoms with E-state index >= 15 is 0 Å². The van der Waals surface area contributed by atoms with Gasteiger partial charge in [-0.25, -0.2) is 0 Å². The third-order valence-electron chi connectivity index (χ3n) is 3.15. The molecule has 2 aromatic carbocycles. The van der Waals surface area contributed by atoms with Gasteiger partial charge in [-0.1, -0.05) is 29.3 Å². The molecule has 0 radical (unpaired) electrons. The van der Waals surface area contributed by atoms with Gasteiger partial charge in [0.15, 0.2) is 5.78 Å². The quantitative estimate of drug-likeness (QED) is 0.733. The first-order valence-electron chi connectivity index (χ1n) is 5.93. The molecule has 0 bridgehead atoms. The van der Waals surface area contributed by atoms with E-state index in [9.17, 15) is 9.59 Å². The maximum absolute atomic E-state index is 12.4. The largest absolute Gasteiger partial charge is 0.326 e. The first-order chi connectivity index (χ1) is 9.47. The number of anilines is 1. The molecule has 0 aromatic heterocycles. The number of hydrogen-bond acceptors (Lipinski definition) is 2. The number of carbonyl (C=O) groups is 2. The summed E-state index contributed by atoms with van der Waals surface area (Å²) in [6, 6.07) is 8.37. The van der Waals surface area contributed by atoms with Gasteiger partial charge in [-0.05, 0) is 29.8 Å². The smallest absolute Gasteiger partial charge is 0.221 e. The molecule has 20 heavy (non-hydrogen) atoms. The molecule has 100 valence electrons. The van der Waals surface area contributed by atoms with Gasteiger partial charge in [-0.15, -0.1) is 0 Å². The highest BCUT2D eigenvalue weighted by Gasteiger charge is 2.30. The number of benzene rings is 2. The molecule has 0 fully saturated rings. The normalized spacial score (nSPS) is 12.1. The van der Waals surface area contributed by atoms with E-state index in [-0.39, 0.29) is 11.7 Å². The summed E-state index contributed by atoms with van der Waals surface area (Å²) in [6.07, 6.45) is 0. The zero-order valence-corrected chi connectivity index (χ0v) is 12.0. The van der Waals surface area contributed by atoms with E-state index in [1.165, 1.54) is 6.92 Å². The Hall–Kier alpha value is -1.84. The Morgan fingerprint density at radius 3 is 2.40 bits per heavy atom. The monoisotopic (exact) mass is 305 g/mol. The second-order valence-electron chi connectivity index (χ2n) is 4.58. The summed E-state index contributed by atoms with van der Waals surface area (Å²) in [5, 5.41) is 3.61. The third-order valence-corrected chi connectivity index (χ3v) is 3.61. The lowest BCUT2D eigenvalue weighted by atomic mass is 10.0. The fourth-order valence-corrected chi connectivity index (χ4v) is 2.82. The molecule has 0 atom stereocenters. The van der Waals surface area contributed by atoms with E-state index in [1.807, 2.05) is 0 Å². The van der Waals surface area contributed by atoms with Crippen LogP contribution in [0.4, 0.5) is 5.69 Å². The Morgan fingerprint density at radius 2 is 1.70 bits per heavy atom. The van der Waals surface area contributed by atoms with Gasteiger partial charge in [0.2, 0.25) is 5.91 Å². The predicted octanol–water partition coefficient (Wildman–Crippen LogP) is 4.16. The van der Waals surface area contributed by atoms with Crippen molar-refractivity contribution in [3.63, 3.8) is 0 Å². The van der Waals surface area contributed by atoms with E-state index in [1.54, 1.807) is 30.3 Å². The molecule has 3 rings (SSSR count). The number of carbonyl (C=O) groups excluding carboxylic acids is 2. The predicted molar refractivity (Wildman–Crippen MR) is 79.6 cm³/mol. The number of hydrogen-bond donors (Lipinski definition) is 1. The zero-order chi connectivity index (χ0) is 14.4. The lowest BCUT2D eigenvalue weighted by molar-refractivity contribution is -0.114. The molecule has 1 N–H and O–H groups in total. The van der Waals surface area contributed by atoms with Crippen molar-refractivity contribution in [2.24, 2.45) is 0 Å². The number of halogens is 2. The molecule has 0 aliphatic heterocycles. The van der Waals surface area contributed by atoms with Gasteiger partial charge in [0.25, 0.3) is 0 Å². The highest BCUT2D eigenvalue weighted by atomic mass is 35.5. The number of amides is 1. The van der Waals surface area contributed by atoms with Crippen LogP contribution in [0, 0.1) is 0 Å². The molecule has 0 heterocycles. The Balaban J connectivity index is 2.30. The molecule has 1 aliphatic rings. The lowest BCUT2D eigenvalue weighted by Gasteiger charge is -2.10. The summed E-state index contributed by atoms with van der Waals surface area (Å²) in [4.78, 5) is 23.7. The van der Waals surface area contributed by atoms with Crippen LogP contribution < -0.4 is 5.32 Å². The van der Waals surface area contributed by atoms with Gasteiger partial charge in [0, 0.05) is 33.7 Å². The van der Waals surface area contributed by atoms with E-state index in [2.05, 4.69) is 5.32 Å². The van der Waals surface area contributed by atoms with Crippen molar-refractivity contribution in [3.8, 4) is 11.1 Å². The first kappa shape index (κ1) is 13.2. The molecule has 1 amide bonds. The number of rotatable bonds is 1. The van der Waals surface area contributed by atoms with Crippen molar-refractivity contribution >= 4 is 40.6 Å². The van der Waals surface area contributed by atoms with Crippen LogP contribution in [0.15, 0.2) is 30.3 Å². The van der Waals surface area contributed by atoms with Crippen LogP contribution in [0.1, 0.15) is 22.8 Å². The van der Waals surface area contributed by atoms with Crippen molar-refractivity contribution in [2.75, 3.05) is 5.32 Å². The highest BCUT2D eigenvalue weighted by molar-refractivity contribution is 6.34. The van der Waals surface area contributed by atoms with Crippen LogP contribution in [-0.2, 0) is 4.79 Å². The summed E-state index contributed by atoms with van der Waals surface area (Å²) in [7, 11) is 0. The van der Waals surface area contributed by atoms with Gasteiger partial charge in [-0.3, -0.25) is 9.59 Å². The molecule has 0 spiro atoms. The van der Waals surface area contributed by atoms with Crippen LogP contribution in [-0.4, -0.2) is 11.7 Å². The SMILES string of the molecule is CC(=O)Nc1cc(Cl)cc2c1-c1ccc(Cl)cc1C2=O. The summed E-state index contributed by atoms with van der Waals surface area (Å²) in [6.45, 7) is 1.41. The van der Waals surface area contributed by atoms with Crippen LogP contribution in [0.5, 0.6) is 0 Å². The number of ketones is 1. The minimum absolute atomic E-state index is 0.133. The molecular weight excluding hydrogens is 297 g/mol. The molecule has 1 aliphatic carbocycles. The maximum atomic E-state index is 12.4. The second kappa shape index (κ2) is 4.62. The second-order valence-corrected chi connectivity index (χ2v) is 5.45. The fraction of sp³-hybridized carbons (Fsp3) is 0.0667. The minimum atomic E-state index is -0.218. The van der Waals surface area contributed by atoms with Gasteiger partial charge in [-0.2, -0.15) is 0 Å². The number of fused-ring (bicyclic) bond motifs is 3. The van der Waals surface area contributed by atoms with Crippen molar-refractivity contribution in [3.05, 3.63) is 51.5 Å². The summed E-state index contributed by atoms with van der Waals surface area (Å²) in [5.41, 5.74) is 3.00. The van der Waals surface area contributed by atoms with Crippen LogP contribution >= 0.6 is 23.2 Å². The van der Waals surface area contributed by atoms with Crippen molar-refractivity contribution in [1.82, 2.24) is 0 Å². The third kappa shape index (κ3) is 1.99. The maximum Gasteiger partial charge on any atom is 0.221 e.